The second-order valence-corrected chi connectivity index (χ2v) is 7.50. The van der Waals surface area contributed by atoms with E-state index in [9.17, 15) is 8.42 Å². The van der Waals surface area contributed by atoms with Gasteiger partial charge in [-0.3, -0.25) is 0 Å². The van der Waals surface area contributed by atoms with Gasteiger partial charge in [0, 0.05) is 19.6 Å². The van der Waals surface area contributed by atoms with E-state index in [-0.39, 0.29) is 12.6 Å². The fourth-order valence-electron chi connectivity index (χ4n) is 2.30. The summed E-state index contributed by atoms with van der Waals surface area (Å²) in [7, 11) is -3.30. The molecule has 2 N–H and O–H groups in total. The van der Waals surface area contributed by atoms with Crippen molar-refractivity contribution in [2.45, 2.75) is 51.1 Å². The Labute approximate surface area is 104 Å². The molecule has 0 aromatic heterocycles. The summed E-state index contributed by atoms with van der Waals surface area (Å²) in [5, 5.41) is -0.483. The van der Waals surface area contributed by atoms with Crippen molar-refractivity contribution in [1.29, 1.82) is 0 Å². The van der Waals surface area contributed by atoms with Gasteiger partial charge in [-0.05, 0) is 27.2 Å². The monoisotopic (exact) mass is 264 g/mol. The van der Waals surface area contributed by atoms with Crippen molar-refractivity contribution in [3.8, 4) is 0 Å². The van der Waals surface area contributed by atoms with Crippen LogP contribution < -0.4 is 5.73 Å². The largest absolute Gasteiger partial charge is 0.370 e. The van der Waals surface area contributed by atoms with Crippen LogP contribution >= 0.6 is 0 Å². The molecule has 0 aromatic rings. The zero-order chi connectivity index (χ0) is 13.3. The number of nitrogens with two attached hydrogens (primary N) is 1. The van der Waals surface area contributed by atoms with E-state index in [1.165, 1.54) is 4.31 Å². The van der Waals surface area contributed by atoms with Crippen molar-refractivity contribution in [2.24, 2.45) is 5.73 Å². The van der Waals surface area contributed by atoms with Crippen LogP contribution in [-0.4, -0.2) is 49.3 Å². The summed E-state index contributed by atoms with van der Waals surface area (Å²) in [4.78, 5) is 0. The molecule has 1 saturated heterocycles. The van der Waals surface area contributed by atoms with E-state index in [1.807, 2.05) is 27.7 Å². The van der Waals surface area contributed by atoms with Crippen molar-refractivity contribution in [2.75, 3.05) is 19.6 Å². The Bertz CT molecular complexity index is 350. The highest BCUT2D eigenvalue weighted by Crippen LogP contribution is 2.25. The molecule has 0 saturated carbocycles. The first-order valence-electron chi connectivity index (χ1n) is 6.09. The third-order valence-corrected chi connectivity index (χ3v) is 5.40. The highest BCUT2D eigenvalue weighted by molar-refractivity contribution is 7.89. The van der Waals surface area contributed by atoms with Crippen LogP contribution in [0, 0.1) is 0 Å². The van der Waals surface area contributed by atoms with Crippen LogP contribution in [0.25, 0.3) is 0 Å². The van der Waals surface area contributed by atoms with E-state index >= 15 is 0 Å². The Hall–Kier alpha value is -0.170. The maximum Gasteiger partial charge on any atom is 0.218 e. The van der Waals surface area contributed by atoms with Crippen molar-refractivity contribution in [1.82, 2.24) is 4.31 Å². The smallest absolute Gasteiger partial charge is 0.218 e. The maximum absolute atomic E-state index is 12.4. The molecule has 1 heterocycles. The summed E-state index contributed by atoms with van der Waals surface area (Å²) in [6, 6.07) is 0. The van der Waals surface area contributed by atoms with Crippen LogP contribution in [0.2, 0.25) is 0 Å². The normalized spacial score (nSPS) is 27.9. The second-order valence-electron chi connectivity index (χ2n) is 5.29. The lowest BCUT2D eigenvalue weighted by Crippen LogP contribution is -2.56. The lowest BCUT2D eigenvalue weighted by molar-refractivity contribution is -0.109. The Morgan fingerprint density at radius 2 is 2.12 bits per heavy atom. The van der Waals surface area contributed by atoms with Gasteiger partial charge in [-0.15, -0.1) is 0 Å². The molecule has 0 aliphatic carbocycles. The Morgan fingerprint density at radius 3 is 2.53 bits per heavy atom. The quantitative estimate of drug-likeness (QED) is 0.805. The molecule has 5 nitrogen and oxygen atoms in total. The number of rotatable bonds is 4. The first kappa shape index (κ1) is 14.9. The van der Waals surface area contributed by atoms with Crippen LogP contribution in [0.3, 0.4) is 0 Å². The van der Waals surface area contributed by atoms with Crippen molar-refractivity contribution >= 4 is 10.0 Å². The SMILES string of the molecule is CCC(CN)S(=O)(=O)N1CC(C)OC(C)(C)C1. The van der Waals surface area contributed by atoms with Crippen molar-refractivity contribution in [3.05, 3.63) is 0 Å². The lowest BCUT2D eigenvalue weighted by Gasteiger charge is -2.41. The third-order valence-electron chi connectivity index (χ3n) is 3.04. The molecule has 1 fully saturated rings. The Morgan fingerprint density at radius 1 is 1.53 bits per heavy atom. The van der Waals surface area contributed by atoms with Crippen molar-refractivity contribution in [3.63, 3.8) is 0 Å². The molecule has 6 heteroatoms. The highest BCUT2D eigenvalue weighted by Gasteiger charge is 2.39. The predicted octanol–water partition coefficient (Wildman–Crippen LogP) is 0.553. The number of hydrogen-bond acceptors (Lipinski definition) is 4. The molecular formula is C11H24N2O3S. The van der Waals surface area contributed by atoms with E-state index in [0.717, 1.165) is 0 Å². The van der Waals surface area contributed by atoms with Gasteiger partial charge in [0.05, 0.1) is 17.0 Å². The molecule has 0 spiro atoms. The first-order chi connectivity index (χ1) is 7.73. The van der Waals surface area contributed by atoms with Gasteiger partial charge in [0.2, 0.25) is 10.0 Å². The minimum atomic E-state index is -3.30. The van der Waals surface area contributed by atoms with Crippen LogP contribution in [-0.2, 0) is 14.8 Å². The van der Waals surface area contributed by atoms with Gasteiger partial charge < -0.3 is 10.5 Å². The van der Waals surface area contributed by atoms with Gasteiger partial charge in [0.25, 0.3) is 0 Å². The molecule has 0 amide bonds. The van der Waals surface area contributed by atoms with Crippen molar-refractivity contribution < 1.29 is 13.2 Å². The summed E-state index contributed by atoms with van der Waals surface area (Å²) in [5.74, 6) is 0. The zero-order valence-electron chi connectivity index (χ0n) is 11.1. The molecule has 102 valence electrons. The molecule has 1 aliphatic heterocycles. The lowest BCUT2D eigenvalue weighted by atomic mass is 10.1. The molecule has 1 rings (SSSR count). The molecule has 17 heavy (non-hydrogen) atoms. The predicted molar refractivity (Wildman–Crippen MR) is 68.3 cm³/mol. The minimum absolute atomic E-state index is 0.0798. The standard InChI is InChI=1S/C11H24N2O3S/c1-5-10(6-12)17(14,15)13-7-9(2)16-11(3,4)8-13/h9-10H,5-8,12H2,1-4H3. The van der Waals surface area contributed by atoms with Crippen LogP contribution in [0.4, 0.5) is 0 Å². The zero-order valence-corrected chi connectivity index (χ0v) is 12.0. The molecule has 2 unspecified atom stereocenters. The third kappa shape index (κ3) is 3.40. The van der Waals surface area contributed by atoms with Gasteiger partial charge in [0.1, 0.15) is 0 Å². The fraction of sp³-hybridized carbons (Fsp3) is 1.00. The van der Waals surface area contributed by atoms with Crippen LogP contribution in [0.15, 0.2) is 0 Å². The summed E-state index contributed by atoms with van der Waals surface area (Å²) in [6.07, 6.45) is 0.467. The van der Waals surface area contributed by atoms with Gasteiger partial charge in [0.15, 0.2) is 0 Å². The van der Waals surface area contributed by atoms with E-state index in [4.69, 9.17) is 10.5 Å². The molecule has 0 bridgehead atoms. The summed E-state index contributed by atoms with van der Waals surface area (Å²) in [6.45, 7) is 8.56. The minimum Gasteiger partial charge on any atom is -0.370 e. The second kappa shape index (κ2) is 5.22. The highest BCUT2D eigenvalue weighted by atomic mass is 32.2. The Kier molecular flexibility index (Phi) is 4.57. The number of nitrogens with zero attached hydrogens (tertiary/aromatic N) is 1. The van der Waals surface area contributed by atoms with Gasteiger partial charge in [-0.25, -0.2) is 8.42 Å². The first-order valence-corrected chi connectivity index (χ1v) is 7.60. The average molecular weight is 264 g/mol. The molecule has 0 aromatic carbocycles. The van der Waals surface area contributed by atoms with Crippen LogP contribution in [0.5, 0.6) is 0 Å². The molecular weight excluding hydrogens is 240 g/mol. The van der Waals surface area contributed by atoms with E-state index < -0.39 is 20.9 Å². The number of hydrogen-bond donors (Lipinski definition) is 1. The number of morpholine rings is 1. The maximum atomic E-state index is 12.4. The molecule has 2 atom stereocenters. The number of ether oxygens (including phenoxy) is 1. The number of sulfonamides is 1. The molecule has 0 radical (unpaired) electrons. The fourth-order valence-corrected chi connectivity index (χ4v) is 4.29. The summed E-state index contributed by atoms with van der Waals surface area (Å²) >= 11 is 0. The van der Waals surface area contributed by atoms with E-state index in [2.05, 4.69) is 0 Å². The van der Waals surface area contributed by atoms with E-state index in [0.29, 0.717) is 19.5 Å². The van der Waals surface area contributed by atoms with Crippen LogP contribution in [0.1, 0.15) is 34.1 Å². The van der Waals surface area contributed by atoms with Gasteiger partial charge in [-0.1, -0.05) is 6.92 Å². The topological polar surface area (TPSA) is 72.6 Å². The van der Waals surface area contributed by atoms with E-state index in [1.54, 1.807) is 0 Å². The summed E-state index contributed by atoms with van der Waals surface area (Å²) < 4.78 is 32.0. The average Bonchev–Trinajstić information content (AvgIpc) is 2.15. The van der Waals surface area contributed by atoms with Gasteiger partial charge in [-0.2, -0.15) is 4.31 Å². The molecule has 1 aliphatic rings. The summed E-state index contributed by atoms with van der Waals surface area (Å²) in [5.41, 5.74) is 5.11. The van der Waals surface area contributed by atoms with Gasteiger partial charge >= 0.3 is 0 Å². The Balaban J connectivity index is 2.91.